The van der Waals surface area contributed by atoms with E-state index in [1.54, 1.807) is 7.11 Å². The molecule has 5 rings (SSSR count). The third-order valence-electron chi connectivity index (χ3n) is 7.30. The molecule has 6 nitrogen and oxygen atoms in total. The fraction of sp³-hybridized carbons (Fsp3) is 0.367. The summed E-state index contributed by atoms with van der Waals surface area (Å²) in [6.07, 6.45) is 3.03. The maximum absolute atomic E-state index is 13.0. The Morgan fingerprint density at radius 1 is 0.972 bits per heavy atom. The molecule has 2 aliphatic rings. The molecule has 1 aliphatic carbocycles. The van der Waals surface area contributed by atoms with Gasteiger partial charge in [0.25, 0.3) is 0 Å². The quantitative estimate of drug-likeness (QED) is 0.413. The van der Waals surface area contributed by atoms with Gasteiger partial charge in [-0.25, -0.2) is 0 Å². The average molecular weight is 489 g/mol. The number of carboxylic acids is 1. The maximum atomic E-state index is 13.0. The van der Waals surface area contributed by atoms with Gasteiger partial charge in [0.15, 0.2) is 11.5 Å². The first kappa shape index (κ1) is 24.0. The number of hydrogen-bond donors (Lipinski definition) is 1. The summed E-state index contributed by atoms with van der Waals surface area (Å²) in [5, 5.41) is 10.7. The van der Waals surface area contributed by atoms with Crippen LogP contribution >= 0.6 is 0 Å². The second-order valence-corrected chi connectivity index (χ2v) is 9.41. The lowest BCUT2D eigenvalue weighted by molar-refractivity contribution is -0.142. The lowest BCUT2D eigenvalue weighted by atomic mass is 9.63. The van der Waals surface area contributed by atoms with E-state index in [2.05, 4.69) is 13.8 Å². The van der Waals surface area contributed by atoms with Crippen LogP contribution in [0.2, 0.25) is 0 Å². The van der Waals surface area contributed by atoms with E-state index in [9.17, 15) is 9.90 Å². The first-order chi connectivity index (χ1) is 17.5. The summed E-state index contributed by atoms with van der Waals surface area (Å²) < 4.78 is 22.8. The van der Waals surface area contributed by atoms with Crippen LogP contribution in [-0.2, 0) is 23.1 Å². The Hall–Kier alpha value is -3.67. The molecule has 0 spiro atoms. The number of carbonyl (C=O) groups is 1. The number of hydrogen-bond acceptors (Lipinski definition) is 5. The van der Waals surface area contributed by atoms with Gasteiger partial charge in [0.1, 0.15) is 11.5 Å². The van der Waals surface area contributed by atoms with Crippen molar-refractivity contribution in [3.05, 3.63) is 82.4 Å². The SMILES string of the molecule is CCCOc1ccc2c(c1)CC(C(=O)O)C2(c1ccc2c(c1)OCO2)c1ccc(OC)cc1CCC. The fourth-order valence-electron chi connectivity index (χ4n) is 5.81. The Bertz CT molecular complexity index is 1280. The van der Waals surface area contributed by atoms with Crippen LogP contribution in [0.1, 0.15) is 54.5 Å². The predicted octanol–water partition coefficient (Wildman–Crippen LogP) is 5.76. The van der Waals surface area contributed by atoms with Crippen LogP contribution < -0.4 is 18.9 Å². The molecule has 0 saturated heterocycles. The number of aliphatic carboxylic acids is 1. The average Bonchev–Trinajstić information content (AvgIpc) is 3.50. The highest BCUT2D eigenvalue weighted by molar-refractivity contribution is 5.80. The molecule has 2 atom stereocenters. The molecule has 0 amide bonds. The van der Waals surface area contributed by atoms with Crippen LogP contribution in [0.25, 0.3) is 0 Å². The molecule has 0 aromatic heterocycles. The minimum Gasteiger partial charge on any atom is -0.497 e. The van der Waals surface area contributed by atoms with Crippen LogP contribution in [0.4, 0.5) is 0 Å². The summed E-state index contributed by atoms with van der Waals surface area (Å²) in [6, 6.07) is 17.9. The first-order valence-corrected chi connectivity index (χ1v) is 12.6. The Morgan fingerprint density at radius 3 is 2.50 bits per heavy atom. The molecule has 0 fully saturated rings. The summed E-state index contributed by atoms with van der Waals surface area (Å²) >= 11 is 0. The molecular formula is C30H32O6. The lowest BCUT2D eigenvalue weighted by Gasteiger charge is -2.38. The van der Waals surface area contributed by atoms with Crippen molar-refractivity contribution in [2.24, 2.45) is 5.92 Å². The first-order valence-electron chi connectivity index (χ1n) is 12.6. The van der Waals surface area contributed by atoms with E-state index in [-0.39, 0.29) is 6.79 Å². The molecule has 188 valence electrons. The van der Waals surface area contributed by atoms with Crippen LogP contribution in [-0.4, -0.2) is 31.6 Å². The van der Waals surface area contributed by atoms with Crippen molar-refractivity contribution in [1.29, 1.82) is 0 Å². The van der Waals surface area contributed by atoms with Gasteiger partial charge in [-0.2, -0.15) is 0 Å². The Labute approximate surface area is 211 Å². The van der Waals surface area contributed by atoms with Crippen LogP contribution in [0, 0.1) is 5.92 Å². The monoisotopic (exact) mass is 488 g/mol. The summed E-state index contributed by atoms with van der Waals surface area (Å²) in [4.78, 5) is 13.0. The molecule has 0 radical (unpaired) electrons. The van der Waals surface area contributed by atoms with E-state index in [1.807, 2.05) is 54.6 Å². The smallest absolute Gasteiger partial charge is 0.308 e. The van der Waals surface area contributed by atoms with Crippen molar-refractivity contribution in [3.8, 4) is 23.0 Å². The fourth-order valence-corrected chi connectivity index (χ4v) is 5.81. The maximum Gasteiger partial charge on any atom is 0.308 e. The highest BCUT2D eigenvalue weighted by Crippen LogP contribution is 2.55. The number of aryl methyl sites for hydroxylation is 1. The zero-order chi connectivity index (χ0) is 25.3. The second-order valence-electron chi connectivity index (χ2n) is 9.41. The van der Waals surface area contributed by atoms with Gasteiger partial charge in [0.2, 0.25) is 6.79 Å². The molecule has 36 heavy (non-hydrogen) atoms. The molecule has 3 aromatic carbocycles. The predicted molar refractivity (Wildman–Crippen MR) is 136 cm³/mol. The largest absolute Gasteiger partial charge is 0.497 e. The van der Waals surface area contributed by atoms with Crippen LogP contribution in [0.3, 0.4) is 0 Å². The zero-order valence-corrected chi connectivity index (χ0v) is 21.0. The van der Waals surface area contributed by atoms with E-state index < -0.39 is 17.3 Å². The third kappa shape index (κ3) is 3.85. The van der Waals surface area contributed by atoms with E-state index in [0.717, 1.165) is 58.6 Å². The minimum atomic E-state index is -0.914. The standard InChI is InChI=1S/C30H32O6/c1-4-6-19-14-22(33-3)8-10-24(19)30(21-7-12-27-28(17-21)36-18-35-27)25-11-9-23(34-13-5-2)15-20(25)16-26(30)29(31)32/h7-12,14-15,17,26H,4-6,13,16,18H2,1-3H3,(H,31,32). The Kier molecular flexibility index (Phi) is 6.52. The molecule has 1 aliphatic heterocycles. The van der Waals surface area contributed by atoms with Gasteiger partial charge < -0.3 is 24.1 Å². The normalized spacial score (nSPS) is 19.7. The van der Waals surface area contributed by atoms with Crippen LogP contribution in [0.5, 0.6) is 23.0 Å². The number of methoxy groups -OCH3 is 1. The van der Waals surface area contributed by atoms with Crippen molar-refractivity contribution in [2.75, 3.05) is 20.5 Å². The second kappa shape index (κ2) is 9.76. The van der Waals surface area contributed by atoms with Crippen molar-refractivity contribution >= 4 is 5.97 Å². The van der Waals surface area contributed by atoms with Crippen molar-refractivity contribution < 1.29 is 28.8 Å². The minimum absolute atomic E-state index is 0.159. The molecule has 0 saturated carbocycles. The summed E-state index contributed by atoms with van der Waals surface area (Å²) in [6.45, 7) is 4.97. The van der Waals surface area contributed by atoms with Gasteiger partial charge in [-0.1, -0.05) is 38.5 Å². The number of fused-ring (bicyclic) bond motifs is 2. The molecule has 1 N–H and O–H groups in total. The molecular weight excluding hydrogens is 456 g/mol. The highest BCUT2D eigenvalue weighted by atomic mass is 16.7. The molecule has 6 heteroatoms. The molecule has 0 bridgehead atoms. The summed E-state index contributed by atoms with van der Waals surface area (Å²) in [7, 11) is 1.65. The van der Waals surface area contributed by atoms with Gasteiger partial charge in [-0.15, -0.1) is 0 Å². The zero-order valence-electron chi connectivity index (χ0n) is 21.0. The van der Waals surface area contributed by atoms with Crippen LogP contribution in [0.15, 0.2) is 54.6 Å². The Morgan fingerprint density at radius 2 is 1.75 bits per heavy atom. The summed E-state index contributed by atoms with van der Waals surface area (Å²) in [5.41, 5.74) is 4.01. The number of ether oxygens (including phenoxy) is 4. The number of benzene rings is 3. The molecule has 1 heterocycles. The van der Waals surface area contributed by atoms with E-state index >= 15 is 0 Å². The number of carboxylic acid groups (broad SMARTS) is 1. The van der Waals surface area contributed by atoms with Gasteiger partial charge in [0.05, 0.1) is 25.0 Å². The molecule has 2 unspecified atom stereocenters. The van der Waals surface area contributed by atoms with E-state index in [0.29, 0.717) is 24.5 Å². The van der Waals surface area contributed by atoms with Gasteiger partial charge >= 0.3 is 5.97 Å². The molecule has 3 aromatic rings. The lowest BCUT2D eigenvalue weighted by Crippen LogP contribution is -2.40. The van der Waals surface area contributed by atoms with Gasteiger partial charge in [-0.3, -0.25) is 4.79 Å². The van der Waals surface area contributed by atoms with Crippen molar-refractivity contribution in [1.82, 2.24) is 0 Å². The topological polar surface area (TPSA) is 74.2 Å². The number of rotatable bonds is 9. The van der Waals surface area contributed by atoms with Crippen molar-refractivity contribution in [2.45, 2.75) is 44.9 Å². The Balaban J connectivity index is 1.81. The van der Waals surface area contributed by atoms with E-state index in [4.69, 9.17) is 18.9 Å². The third-order valence-corrected chi connectivity index (χ3v) is 7.30. The van der Waals surface area contributed by atoms with Crippen molar-refractivity contribution in [3.63, 3.8) is 0 Å². The van der Waals surface area contributed by atoms with Gasteiger partial charge in [0, 0.05) is 0 Å². The summed E-state index contributed by atoms with van der Waals surface area (Å²) in [5.74, 6) is 1.29. The van der Waals surface area contributed by atoms with Gasteiger partial charge in [-0.05, 0) is 83.5 Å². The van der Waals surface area contributed by atoms with E-state index in [1.165, 1.54) is 0 Å². The highest BCUT2D eigenvalue weighted by Gasteiger charge is 2.54.